The van der Waals surface area contributed by atoms with Crippen LogP contribution in [0.15, 0.2) is 41.3 Å². The molecule has 0 spiro atoms. The van der Waals surface area contributed by atoms with Gasteiger partial charge in [0, 0.05) is 30.2 Å². The summed E-state index contributed by atoms with van der Waals surface area (Å²) in [6, 6.07) is 2.63. The lowest BCUT2D eigenvalue weighted by molar-refractivity contribution is -0.145. The number of nitrogens with zero attached hydrogens (tertiary/aromatic N) is 2. The van der Waals surface area contributed by atoms with Crippen molar-refractivity contribution in [2.75, 3.05) is 18.2 Å². The Balaban J connectivity index is 1.75. The number of Topliss-reactive ketones (excluding diaryl/α,β-unsaturated/α-hetero) is 1. The molecular weight excluding hydrogens is 499 g/mol. The van der Waals surface area contributed by atoms with Gasteiger partial charge in [-0.15, -0.1) is 11.8 Å². The number of rotatable bonds is 9. The van der Waals surface area contributed by atoms with Crippen LogP contribution in [-0.4, -0.2) is 46.5 Å². The molecule has 180 valence electrons. The molecule has 0 saturated carbocycles. The van der Waals surface area contributed by atoms with E-state index in [9.17, 15) is 14.4 Å². The van der Waals surface area contributed by atoms with Crippen LogP contribution in [0.1, 0.15) is 36.8 Å². The van der Waals surface area contributed by atoms with Gasteiger partial charge in [-0.25, -0.2) is 4.79 Å². The summed E-state index contributed by atoms with van der Waals surface area (Å²) in [4.78, 5) is 46.3. The summed E-state index contributed by atoms with van der Waals surface area (Å²) in [7, 11) is 0. The highest BCUT2D eigenvalue weighted by atomic mass is 35.5. The maximum Gasteiger partial charge on any atom is 0.328 e. The molecule has 0 saturated heterocycles. The SMILES string of the molecule is CCOC(=O)[C@H](Cc1ccc(NC(=O)c2c(Cl)cncc2Cl)cn1)NC1=C(SC)C(=O)C1(C)C. The Morgan fingerprint density at radius 3 is 2.41 bits per heavy atom. The predicted molar refractivity (Wildman–Crippen MR) is 133 cm³/mol. The molecule has 0 radical (unpaired) electrons. The Labute approximate surface area is 211 Å². The quantitative estimate of drug-likeness (QED) is 0.469. The number of ketones is 1. The van der Waals surface area contributed by atoms with Gasteiger partial charge < -0.3 is 15.4 Å². The number of hydrogen-bond acceptors (Lipinski definition) is 8. The Hall–Kier alpha value is -2.62. The summed E-state index contributed by atoms with van der Waals surface area (Å²) in [5.74, 6) is -0.893. The number of nitrogens with one attached hydrogen (secondary N) is 2. The fraction of sp³-hybridized carbons (Fsp3) is 0.348. The third-order valence-corrected chi connectivity index (χ3v) is 6.67. The van der Waals surface area contributed by atoms with Crippen LogP contribution in [0, 0.1) is 5.41 Å². The average Bonchev–Trinajstić information content (AvgIpc) is 2.79. The minimum atomic E-state index is -0.730. The normalized spacial score (nSPS) is 15.4. The van der Waals surface area contributed by atoms with Crippen LogP contribution in [0.2, 0.25) is 10.0 Å². The molecule has 11 heteroatoms. The molecule has 0 bridgehead atoms. The zero-order valence-electron chi connectivity index (χ0n) is 19.1. The van der Waals surface area contributed by atoms with Crippen molar-refractivity contribution in [3.63, 3.8) is 0 Å². The van der Waals surface area contributed by atoms with E-state index < -0.39 is 23.3 Å². The van der Waals surface area contributed by atoms with E-state index in [1.54, 1.807) is 19.1 Å². The van der Waals surface area contributed by atoms with Crippen molar-refractivity contribution >= 4 is 58.3 Å². The molecule has 2 heterocycles. The van der Waals surface area contributed by atoms with Gasteiger partial charge in [0.15, 0.2) is 5.78 Å². The minimum Gasteiger partial charge on any atom is -0.464 e. The zero-order chi connectivity index (χ0) is 25.0. The van der Waals surface area contributed by atoms with E-state index in [1.165, 1.54) is 30.4 Å². The van der Waals surface area contributed by atoms with Crippen LogP contribution < -0.4 is 10.6 Å². The molecule has 1 aliphatic carbocycles. The highest BCUT2D eigenvalue weighted by molar-refractivity contribution is 8.03. The summed E-state index contributed by atoms with van der Waals surface area (Å²) in [6.45, 7) is 5.59. The Bertz CT molecular complexity index is 1130. The van der Waals surface area contributed by atoms with Gasteiger partial charge in [-0.1, -0.05) is 23.2 Å². The molecule has 0 aromatic carbocycles. The first-order valence-corrected chi connectivity index (χ1v) is 12.4. The number of ether oxygens (including phenoxy) is 1. The summed E-state index contributed by atoms with van der Waals surface area (Å²) < 4.78 is 5.23. The third-order valence-electron chi connectivity index (χ3n) is 5.30. The van der Waals surface area contributed by atoms with Crippen molar-refractivity contribution in [3.8, 4) is 0 Å². The fourth-order valence-electron chi connectivity index (χ4n) is 3.43. The van der Waals surface area contributed by atoms with Crippen LogP contribution in [0.4, 0.5) is 5.69 Å². The van der Waals surface area contributed by atoms with Gasteiger partial charge >= 0.3 is 5.97 Å². The van der Waals surface area contributed by atoms with E-state index >= 15 is 0 Å². The lowest BCUT2D eigenvalue weighted by Crippen LogP contribution is -2.50. The van der Waals surface area contributed by atoms with E-state index in [4.69, 9.17) is 27.9 Å². The summed E-state index contributed by atoms with van der Waals surface area (Å²) in [6.07, 6.45) is 6.19. The lowest BCUT2D eigenvalue weighted by Gasteiger charge is -2.40. The average molecular weight is 523 g/mol. The second-order valence-corrected chi connectivity index (χ2v) is 9.62. The number of carbonyl (C=O) groups is 3. The minimum absolute atomic E-state index is 0.0396. The molecule has 0 aliphatic heterocycles. The first kappa shape index (κ1) is 26.0. The van der Waals surface area contributed by atoms with Crippen LogP contribution in [-0.2, 0) is 20.7 Å². The second-order valence-electron chi connectivity index (χ2n) is 7.99. The van der Waals surface area contributed by atoms with Crippen LogP contribution in [0.5, 0.6) is 0 Å². The maximum absolute atomic E-state index is 12.6. The van der Waals surface area contributed by atoms with Gasteiger partial charge in [-0.2, -0.15) is 0 Å². The number of allylic oxidation sites excluding steroid dienone is 2. The van der Waals surface area contributed by atoms with Gasteiger partial charge in [-0.05, 0) is 39.2 Å². The number of pyridine rings is 2. The molecular formula is C23H24Cl2N4O4S. The van der Waals surface area contributed by atoms with Crippen LogP contribution in [0.25, 0.3) is 0 Å². The molecule has 2 N–H and O–H groups in total. The molecule has 2 aromatic rings. The second kappa shape index (κ2) is 10.8. The molecule has 8 nitrogen and oxygen atoms in total. The monoisotopic (exact) mass is 522 g/mol. The van der Waals surface area contributed by atoms with E-state index in [0.717, 1.165) is 5.70 Å². The summed E-state index contributed by atoms with van der Waals surface area (Å²) in [5, 5.41) is 6.16. The van der Waals surface area contributed by atoms with Gasteiger partial charge in [0.25, 0.3) is 5.91 Å². The number of anilines is 1. The summed E-state index contributed by atoms with van der Waals surface area (Å²) in [5.41, 5.74) is 1.16. The number of hydrogen-bond donors (Lipinski definition) is 2. The molecule has 1 amide bonds. The predicted octanol–water partition coefficient (Wildman–Crippen LogP) is 4.28. The smallest absolute Gasteiger partial charge is 0.328 e. The van der Waals surface area contributed by atoms with Gasteiger partial charge in [0.1, 0.15) is 6.04 Å². The molecule has 0 unspecified atom stereocenters. The van der Waals surface area contributed by atoms with Crippen molar-refractivity contribution in [3.05, 3.63) is 62.6 Å². The number of amides is 1. The van der Waals surface area contributed by atoms with E-state index in [1.807, 2.05) is 20.1 Å². The molecule has 1 atom stereocenters. The standard InChI is InChI=1S/C23H24Cl2N4O4S/c1-5-33-22(32)16(29-19-18(34-4)20(30)23(19,2)3)8-12-6-7-13(9-27-12)28-21(31)17-14(24)10-26-11-15(17)25/h6-7,9-11,16,29H,5,8H2,1-4H3,(H,28,31)/t16-/m0/s1. The van der Waals surface area contributed by atoms with Crippen molar-refractivity contribution < 1.29 is 19.1 Å². The van der Waals surface area contributed by atoms with Gasteiger partial charge in [-0.3, -0.25) is 19.6 Å². The van der Waals surface area contributed by atoms with Crippen molar-refractivity contribution in [2.24, 2.45) is 5.41 Å². The summed E-state index contributed by atoms with van der Waals surface area (Å²) >= 11 is 13.4. The topological polar surface area (TPSA) is 110 Å². The van der Waals surface area contributed by atoms with E-state index in [0.29, 0.717) is 16.3 Å². The third kappa shape index (κ3) is 5.37. The zero-order valence-corrected chi connectivity index (χ0v) is 21.4. The largest absolute Gasteiger partial charge is 0.464 e. The highest BCUT2D eigenvalue weighted by Crippen LogP contribution is 2.45. The van der Waals surface area contributed by atoms with Gasteiger partial charge in [0.05, 0.1) is 44.4 Å². The van der Waals surface area contributed by atoms with Crippen molar-refractivity contribution in [2.45, 2.75) is 33.2 Å². The Morgan fingerprint density at radius 1 is 1.18 bits per heavy atom. The molecule has 34 heavy (non-hydrogen) atoms. The van der Waals surface area contributed by atoms with Crippen LogP contribution >= 0.6 is 35.0 Å². The number of esters is 1. The van der Waals surface area contributed by atoms with Crippen molar-refractivity contribution in [1.29, 1.82) is 0 Å². The van der Waals surface area contributed by atoms with E-state index in [2.05, 4.69) is 20.6 Å². The molecule has 0 fully saturated rings. The number of carbonyl (C=O) groups excluding carboxylic acids is 3. The van der Waals surface area contributed by atoms with Crippen LogP contribution in [0.3, 0.4) is 0 Å². The van der Waals surface area contributed by atoms with Crippen molar-refractivity contribution in [1.82, 2.24) is 15.3 Å². The number of halogens is 2. The Kier molecular flexibility index (Phi) is 8.22. The lowest BCUT2D eigenvalue weighted by atomic mass is 9.74. The number of thioether (sulfide) groups is 1. The Morgan fingerprint density at radius 2 is 1.85 bits per heavy atom. The van der Waals surface area contributed by atoms with Gasteiger partial charge in [0.2, 0.25) is 0 Å². The first-order valence-electron chi connectivity index (χ1n) is 10.4. The van der Waals surface area contributed by atoms with E-state index in [-0.39, 0.29) is 34.4 Å². The first-order chi connectivity index (χ1) is 16.1. The molecule has 3 rings (SSSR count). The maximum atomic E-state index is 12.6. The molecule has 1 aliphatic rings. The highest BCUT2D eigenvalue weighted by Gasteiger charge is 2.47. The molecule has 2 aromatic heterocycles. The fourth-order valence-corrected chi connectivity index (χ4v) is 4.93. The number of aromatic nitrogens is 2.